The van der Waals surface area contributed by atoms with E-state index >= 15 is 0 Å². The van der Waals surface area contributed by atoms with Gasteiger partial charge in [0.15, 0.2) is 5.78 Å². The number of hydrogen-bond donors (Lipinski definition) is 2. The maximum Gasteiger partial charge on any atom is 0.255 e. The summed E-state index contributed by atoms with van der Waals surface area (Å²) in [7, 11) is 3.09. The summed E-state index contributed by atoms with van der Waals surface area (Å²) in [6.45, 7) is 0.270. The summed E-state index contributed by atoms with van der Waals surface area (Å²) in [4.78, 5) is 26.6. The minimum atomic E-state index is -0.403. The number of benzene rings is 4. The SMILES string of the molecule is COc1ccc(C(=O)Nc2c(N)cccc2C(=O)c2ccc(OC)cc2OCc2ccccc2)cc1. The second kappa shape index (κ2) is 11.1. The van der Waals surface area contributed by atoms with Crippen molar-refractivity contribution >= 4 is 23.1 Å². The second-order valence-electron chi connectivity index (χ2n) is 7.92. The summed E-state index contributed by atoms with van der Waals surface area (Å²) in [6, 6.07) is 26.2. The first-order chi connectivity index (χ1) is 17.5. The van der Waals surface area contributed by atoms with Gasteiger partial charge in [0.2, 0.25) is 0 Å². The Bertz CT molecular complexity index is 1370. The molecule has 7 nitrogen and oxygen atoms in total. The molecule has 4 aromatic rings. The fourth-order valence-electron chi connectivity index (χ4n) is 3.64. The summed E-state index contributed by atoms with van der Waals surface area (Å²) in [5.74, 6) is 0.787. The predicted octanol–water partition coefficient (Wildman–Crippen LogP) is 5.35. The van der Waals surface area contributed by atoms with E-state index in [0.717, 1.165) is 5.56 Å². The average Bonchev–Trinajstić information content (AvgIpc) is 2.93. The summed E-state index contributed by atoms with van der Waals surface area (Å²) >= 11 is 0. The molecule has 3 N–H and O–H groups in total. The molecule has 0 aliphatic heterocycles. The van der Waals surface area contributed by atoms with Crippen molar-refractivity contribution in [2.24, 2.45) is 0 Å². The zero-order chi connectivity index (χ0) is 25.5. The van der Waals surface area contributed by atoms with E-state index in [1.807, 2.05) is 30.3 Å². The molecule has 0 atom stereocenters. The lowest BCUT2D eigenvalue weighted by Crippen LogP contribution is -2.17. The molecule has 0 saturated heterocycles. The molecule has 36 heavy (non-hydrogen) atoms. The van der Waals surface area contributed by atoms with Crippen molar-refractivity contribution < 1.29 is 23.8 Å². The third kappa shape index (κ3) is 5.47. The molecule has 0 aliphatic carbocycles. The third-order valence-electron chi connectivity index (χ3n) is 5.60. The molecule has 4 aromatic carbocycles. The van der Waals surface area contributed by atoms with Crippen LogP contribution < -0.4 is 25.3 Å². The number of carbonyl (C=O) groups excluding carboxylic acids is 2. The van der Waals surface area contributed by atoms with Crippen LogP contribution in [0.4, 0.5) is 11.4 Å². The average molecular weight is 483 g/mol. The largest absolute Gasteiger partial charge is 0.497 e. The molecule has 0 aliphatic rings. The number of amides is 1. The Morgan fingerprint density at radius 2 is 1.47 bits per heavy atom. The van der Waals surface area contributed by atoms with Crippen LogP contribution in [0.5, 0.6) is 17.2 Å². The third-order valence-corrected chi connectivity index (χ3v) is 5.60. The highest BCUT2D eigenvalue weighted by Crippen LogP contribution is 2.32. The molecular weight excluding hydrogens is 456 g/mol. The van der Waals surface area contributed by atoms with E-state index in [2.05, 4.69) is 5.32 Å². The van der Waals surface area contributed by atoms with E-state index in [9.17, 15) is 9.59 Å². The first-order valence-corrected chi connectivity index (χ1v) is 11.2. The molecule has 1 amide bonds. The van der Waals surface area contributed by atoms with Gasteiger partial charge in [-0.15, -0.1) is 0 Å². The van der Waals surface area contributed by atoms with Gasteiger partial charge in [-0.2, -0.15) is 0 Å². The van der Waals surface area contributed by atoms with Crippen LogP contribution in [0.1, 0.15) is 31.8 Å². The van der Waals surface area contributed by atoms with Gasteiger partial charge in [-0.1, -0.05) is 36.4 Å². The molecule has 0 aromatic heterocycles. The Balaban J connectivity index is 1.65. The lowest BCUT2D eigenvalue weighted by molar-refractivity contribution is 0.102. The number of para-hydroxylation sites is 1. The standard InChI is InChI=1S/C29H26N2O5/c1-34-21-13-11-20(12-14-21)29(33)31-27-24(9-6-10-25(27)30)28(32)23-16-15-22(35-2)17-26(23)36-18-19-7-4-3-5-8-19/h3-17H,18,30H2,1-2H3,(H,31,33). The van der Waals surface area contributed by atoms with Crippen LogP contribution in [-0.2, 0) is 6.61 Å². The maximum atomic E-state index is 13.7. The number of hydrogen-bond acceptors (Lipinski definition) is 6. The van der Waals surface area contributed by atoms with Gasteiger partial charge in [0.25, 0.3) is 5.91 Å². The lowest BCUT2D eigenvalue weighted by Gasteiger charge is -2.16. The molecule has 0 saturated carbocycles. The Kier molecular flexibility index (Phi) is 7.51. The van der Waals surface area contributed by atoms with Crippen molar-refractivity contribution in [2.45, 2.75) is 6.61 Å². The maximum absolute atomic E-state index is 13.7. The van der Waals surface area contributed by atoms with Gasteiger partial charge in [0.05, 0.1) is 31.2 Å². The van der Waals surface area contributed by atoms with E-state index < -0.39 is 5.91 Å². The van der Waals surface area contributed by atoms with Gasteiger partial charge in [-0.3, -0.25) is 9.59 Å². The Morgan fingerprint density at radius 3 is 2.17 bits per heavy atom. The molecule has 0 spiro atoms. The van der Waals surface area contributed by atoms with Crippen LogP contribution in [0.3, 0.4) is 0 Å². The number of nitrogens with one attached hydrogen (secondary N) is 1. The van der Waals surface area contributed by atoms with E-state index in [4.69, 9.17) is 19.9 Å². The summed E-state index contributed by atoms with van der Waals surface area (Å²) in [6.07, 6.45) is 0. The lowest BCUT2D eigenvalue weighted by atomic mass is 9.99. The van der Waals surface area contributed by atoms with Crippen LogP contribution >= 0.6 is 0 Å². The Morgan fingerprint density at radius 1 is 0.778 bits per heavy atom. The first-order valence-electron chi connectivity index (χ1n) is 11.2. The van der Waals surface area contributed by atoms with Crippen LogP contribution in [-0.4, -0.2) is 25.9 Å². The fourth-order valence-corrected chi connectivity index (χ4v) is 3.64. The number of anilines is 2. The minimum Gasteiger partial charge on any atom is -0.497 e. The zero-order valence-corrected chi connectivity index (χ0v) is 20.0. The fraction of sp³-hybridized carbons (Fsp3) is 0.103. The number of ketones is 1. The van der Waals surface area contributed by atoms with E-state index in [0.29, 0.717) is 28.4 Å². The highest BCUT2D eigenvalue weighted by Gasteiger charge is 2.22. The monoisotopic (exact) mass is 482 g/mol. The van der Waals surface area contributed by atoms with E-state index in [1.165, 1.54) is 0 Å². The second-order valence-corrected chi connectivity index (χ2v) is 7.92. The van der Waals surface area contributed by atoms with Gasteiger partial charge < -0.3 is 25.3 Å². The van der Waals surface area contributed by atoms with Crippen molar-refractivity contribution in [1.29, 1.82) is 0 Å². The molecule has 182 valence electrons. The summed E-state index contributed by atoms with van der Waals surface area (Å²) in [5.41, 5.74) is 8.60. The minimum absolute atomic E-state index is 0.230. The molecule has 4 rings (SSSR count). The van der Waals surface area contributed by atoms with Crippen LogP contribution in [0.2, 0.25) is 0 Å². The zero-order valence-electron chi connectivity index (χ0n) is 20.0. The molecule has 0 fully saturated rings. The summed E-state index contributed by atoms with van der Waals surface area (Å²) < 4.78 is 16.5. The van der Waals surface area contributed by atoms with Crippen molar-refractivity contribution in [1.82, 2.24) is 0 Å². The smallest absolute Gasteiger partial charge is 0.255 e. The van der Waals surface area contributed by atoms with Crippen LogP contribution in [0.25, 0.3) is 0 Å². The molecular formula is C29H26N2O5. The quantitative estimate of drug-likeness (QED) is 0.246. The summed E-state index contributed by atoms with van der Waals surface area (Å²) in [5, 5.41) is 2.79. The Labute approximate surface area is 209 Å². The predicted molar refractivity (Wildman–Crippen MR) is 139 cm³/mol. The van der Waals surface area contributed by atoms with Gasteiger partial charge >= 0.3 is 0 Å². The molecule has 0 heterocycles. The molecule has 0 bridgehead atoms. The number of rotatable bonds is 9. The highest BCUT2D eigenvalue weighted by atomic mass is 16.5. The molecule has 0 unspecified atom stereocenters. The number of nitrogen functional groups attached to an aromatic ring is 1. The normalized spacial score (nSPS) is 10.4. The van der Waals surface area contributed by atoms with Gasteiger partial charge in [-0.05, 0) is 54.1 Å². The highest BCUT2D eigenvalue weighted by molar-refractivity contribution is 6.18. The Hall–Kier alpha value is -4.78. The van der Waals surface area contributed by atoms with Gasteiger partial charge in [-0.25, -0.2) is 0 Å². The van der Waals surface area contributed by atoms with E-state index in [1.54, 1.807) is 74.9 Å². The number of methoxy groups -OCH3 is 2. The van der Waals surface area contributed by atoms with Crippen molar-refractivity contribution in [3.8, 4) is 17.2 Å². The van der Waals surface area contributed by atoms with Crippen molar-refractivity contribution in [3.05, 3.63) is 113 Å². The van der Waals surface area contributed by atoms with Gasteiger partial charge in [0.1, 0.15) is 23.9 Å². The topological polar surface area (TPSA) is 99.9 Å². The first kappa shape index (κ1) is 24.3. The van der Waals surface area contributed by atoms with Crippen molar-refractivity contribution in [3.63, 3.8) is 0 Å². The van der Waals surface area contributed by atoms with Crippen LogP contribution in [0.15, 0.2) is 91.0 Å². The van der Waals surface area contributed by atoms with Gasteiger partial charge in [0, 0.05) is 17.2 Å². The number of ether oxygens (including phenoxy) is 3. The van der Waals surface area contributed by atoms with Crippen molar-refractivity contribution in [2.75, 3.05) is 25.3 Å². The van der Waals surface area contributed by atoms with Crippen LogP contribution in [0, 0.1) is 0 Å². The number of carbonyl (C=O) groups is 2. The molecule has 0 radical (unpaired) electrons. The molecule has 7 heteroatoms. The number of nitrogens with two attached hydrogens (primary N) is 1. The van der Waals surface area contributed by atoms with E-state index in [-0.39, 0.29) is 29.3 Å².